The monoisotopic (exact) mass is 276 g/mol. The van der Waals surface area contributed by atoms with E-state index in [0.29, 0.717) is 13.0 Å². The van der Waals surface area contributed by atoms with E-state index in [1.54, 1.807) is 0 Å². The highest BCUT2D eigenvalue weighted by molar-refractivity contribution is 7.89. The lowest BCUT2D eigenvalue weighted by molar-refractivity contribution is -0.149. The van der Waals surface area contributed by atoms with Crippen molar-refractivity contribution in [2.45, 2.75) is 31.8 Å². The number of carbonyl (C=O) groups is 1. The summed E-state index contributed by atoms with van der Waals surface area (Å²) in [5.41, 5.74) is 0. The minimum absolute atomic E-state index is 0.112. The van der Waals surface area contributed by atoms with Gasteiger partial charge in [0.25, 0.3) is 0 Å². The van der Waals surface area contributed by atoms with Gasteiger partial charge in [-0.3, -0.25) is 9.69 Å². The van der Waals surface area contributed by atoms with Gasteiger partial charge in [0.05, 0.1) is 6.54 Å². The molecule has 2 rings (SSSR count). The van der Waals surface area contributed by atoms with Gasteiger partial charge in [-0.1, -0.05) is 6.42 Å². The van der Waals surface area contributed by atoms with Crippen molar-refractivity contribution in [1.82, 2.24) is 9.62 Å². The Morgan fingerprint density at radius 1 is 1.28 bits per heavy atom. The van der Waals surface area contributed by atoms with Crippen LogP contribution in [0.1, 0.15) is 25.7 Å². The van der Waals surface area contributed by atoms with Crippen LogP contribution in [0.25, 0.3) is 0 Å². The smallest absolute Gasteiger partial charge is 0.320 e. The first-order chi connectivity index (χ1) is 8.55. The van der Waals surface area contributed by atoms with Crippen LogP contribution in [0.4, 0.5) is 0 Å². The number of hydrogen-bond acceptors (Lipinski definition) is 5. The number of esters is 1. The minimum atomic E-state index is -3.25. The topological polar surface area (TPSA) is 75.7 Å². The van der Waals surface area contributed by atoms with Gasteiger partial charge >= 0.3 is 5.97 Å². The Morgan fingerprint density at radius 2 is 2.00 bits per heavy atom. The first-order valence-electron chi connectivity index (χ1n) is 6.44. The van der Waals surface area contributed by atoms with Crippen LogP contribution in [-0.2, 0) is 19.6 Å². The fourth-order valence-electron chi connectivity index (χ4n) is 2.38. The van der Waals surface area contributed by atoms with E-state index in [4.69, 9.17) is 4.74 Å². The van der Waals surface area contributed by atoms with Gasteiger partial charge in [0.15, 0.2) is 0 Å². The zero-order chi connectivity index (χ0) is 13.0. The number of ether oxygens (including phenoxy) is 1. The highest BCUT2D eigenvalue weighted by Crippen LogP contribution is 2.11. The maximum absolute atomic E-state index is 11.7. The molecule has 1 unspecified atom stereocenters. The molecular formula is C11H20N2O4S. The highest BCUT2D eigenvalue weighted by atomic mass is 32.2. The van der Waals surface area contributed by atoms with Crippen molar-refractivity contribution in [2.75, 3.05) is 31.9 Å². The average molecular weight is 276 g/mol. The summed E-state index contributed by atoms with van der Waals surface area (Å²) < 4.78 is 30.3. The molecule has 0 aromatic heterocycles. The van der Waals surface area contributed by atoms with E-state index in [-0.39, 0.29) is 18.3 Å². The molecule has 2 heterocycles. The Balaban J connectivity index is 1.76. The summed E-state index contributed by atoms with van der Waals surface area (Å²) in [5, 5.41) is 0. The predicted octanol–water partition coefficient (Wildman–Crippen LogP) is -0.293. The van der Waals surface area contributed by atoms with Crippen LogP contribution in [-0.4, -0.2) is 57.3 Å². The van der Waals surface area contributed by atoms with Crippen LogP contribution in [0.2, 0.25) is 0 Å². The number of sulfonamides is 1. The largest absolute Gasteiger partial charge is 0.460 e. The number of likely N-dealkylation sites (tertiary alicyclic amines) is 1. The Bertz CT molecular complexity index is 390. The molecule has 0 aromatic carbocycles. The maximum atomic E-state index is 11.7. The standard InChI is InChI=1S/C11H20N2O4S/c14-11(8-13-6-2-1-3-7-13)17-10-4-5-12-18(15,16)9-10/h10,12H,1-9H2. The number of piperidine rings is 1. The normalized spacial score (nSPS) is 28.8. The van der Waals surface area contributed by atoms with Crippen molar-refractivity contribution >= 4 is 16.0 Å². The molecule has 0 aliphatic carbocycles. The zero-order valence-electron chi connectivity index (χ0n) is 10.4. The molecule has 0 radical (unpaired) electrons. The lowest BCUT2D eigenvalue weighted by Gasteiger charge is -2.27. The second kappa shape index (κ2) is 5.99. The fourth-order valence-corrected chi connectivity index (χ4v) is 3.65. The van der Waals surface area contributed by atoms with E-state index in [0.717, 1.165) is 25.9 Å². The van der Waals surface area contributed by atoms with Gasteiger partial charge in [0.2, 0.25) is 10.0 Å². The summed E-state index contributed by atoms with van der Waals surface area (Å²) >= 11 is 0. The van der Waals surface area contributed by atoms with Gasteiger partial charge in [-0.25, -0.2) is 13.1 Å². The van der Waals surface area contributed by atoms with Gasteiger partial charge in [0, 0.05) is 6.54 Å². The minimum Gasteiger partial charge on any atom is -0.460 e. The van der Waals surface area contributed by atoms with Crippen molar-refractivity contribution < 1.29 is 17.9 Å². The SMILES string of the molecule is O=C(CN1CCCCC1)OC1CCNS(=O)(=O)C1. The molecule has 2 aliphatic heterocycles. The molecule has 1 N–H and O–H groups in total. The van der Waals surface area contributed by atoms with E-state index in [9.17, 15) is 13.2 Å². The number of hydrogen-bond donors (Lipinski definition) is 1. The van der Waals surface area contributed by atoms with Crippen LogP contribution in [0, 0.1) is 0 Å². The second-order valence-electron chi connectivity index (χ2n) is 4.91. The van der Waals surface area contributed by atoms with Crippen LogP contribution in [0.3, 0.4) is 0 Å². The first kappa shape index (κ1) is 13.8. The van der Waals surface area contributed by atoms with Gasteiger partial charge < -0.3 is 4.74 Å². The lowest BCUT2D eigenvalue weighted by Crippen LogP contribution is -2.44. The number of nitrogens with zero attached hydrogens (tertiary/aromatic N) is 1. The average Bonchev–Trinajstić information content (AvgIpc) is 2.28. The number of carbonyl (C=O) groups excluding carboxylic acids is 1. The lowest BCUT2D eigenvalue weighted by atomic mass is 10.1. The summed E-state index contributed by atoms with van der Waals surface area (Å²) in [6.45, 7) is 2.49. The molecule has 2 fully saturated rings. The summed E-state index contributed by atoms with van der Waals surface area (Å²) in [5.74, 6) is -0.419. The van der Waals surface area contributed by atoms with E-state index in [1.807, 2.05) is 0 Å². The van der Waals surface area contributed by atoms with E-state index < -0.39 is 16.1 Å². The fraction of sp³-hybridized carbons (Fsp3) is 0.909. The third-order valence-electron chi connectivity index (χ3n) is 3.29. The predicted molar refractivity (Wildman–Crippen MR) is 66.6 cm³/mol. The Kier molecular flexibility index (Phi) is 4.58. The first-order valence-corrected chi connectivity index (χ1v) is 8.09. The molecule has 1 atom stereocenters. The molecule has 7 heteroatoms. The van der Waals surface area contributed by atoms with Crippen molar-refractivity contribution in [3.8, 4) is 0 Å². The molecule has 0 spiro atoms. The van der Waals surface area contributed by atoms with Crippen molar-refractivity contribution in [3.05, 3.63) is 0 Å². The van der Waals surface area contributed by atoms with Crippen LogP contribution < -0.4 is 4.72 Å². The van der Waals surface area contributed by atoms with E-state index >= 15 is 0 Å². The highest BCUT2D eigenvalue weighted by Gasteiger charge is 2.27. The molecule has 2 saturated heterocycles. The van der Waals surface area contributed by atoms with Gasteiger partial charge in [-0.15, -0.1) is 0 Å². The van der Waals surface area contributed by atoms with Gasteiger partial charge in [0.1, 0.15) is 11.9 Å². The summed E-state index contributed by atoms with van der Waals surface area (Å²) in [4.78, 5) is 13.8. The van der Waals surface area contributed by atoms with E-state index in [1.165, 1.54) is 6.42 Å². The third kappa shape index (κ3) is 4.22. The molecule has 6 nitrogen and oxygen atoms in total. The molecule has 104 valence electrons. The Labute approximate surface area is 108 Å². The van der Waals surface area contributed by atoms with Crippen LogP contribution >= 0.6 is 0 Å². The van der Waals surface area contributed by atoms with Gasteiger partial charge in [-0.05, 0) is 32.4 Å². The Morgan fingerprint density at radius 3 is 2.67 bits per heavy atom. The molecule has 0 amide bonds. The molecule has 18 heavy (non-hydrogen) atoms. The second-order valence-corrected chi connectivity index (χ2v) is 6.76. The van der Waals surface area contributed by atoms with Crippen LogP contribution in [0.15, 0.2) is 0 Å². The molecular weight excluding hydrogens is 256 g/mol. The van der Waals surface area contributed by atoms with Crippen molar-refractivity contribution in [2.24, 2.45) is 0 Å². The maximum Gasteiger partial charge on any atom is 0.320 e. The number of rotatable bonds is 3. The van der Waals surface area contributed by atoms with Crippen molar-refractivity contribution in [1.29, 1.82) is 0 Å². The third-order valence-corrected chi connectivity index (χ3v) is 4.75. The van der Waals surface area contributed by atoms with Gasteiger partial charge in [-0.2, -0.15) is 0 Å². The summed E-state index contributed by atoms with van der Waals surface area (Å²) in [6.07, 6.45) is 3.53. The summed E-state index contributed by atoms with van der Waals surface area (Å²) in [6, 6.07) is 0. The van der Waals surface area contributed by atoms with Crippen LogP contribution in [0.5, 0.6) is 0 Å². The number of nitrogens with one attached hydrogen (secondary N) is 1. The summed E-state index contributed by atoms with van der Waals surface area (Å²) in [7, 11) is -3.25. The molecule has 0 bridgehead atoms. The molecule has 0 aromatic rings. The van der Waals surface area contributed by atoms with Crippen molar-refractivity contribution in [3.63, 3.8) is 0 Å². The molecule has 0 saturated carbocycles. The van der Waals surface area contributed by atoms with E-state index in [2.05, 4.69) is 9.62 Å². The quantitative estimate of drug-likeness (QED) is 0.717. The Hall–Kier alpha value is -0.660. The molecule has 2 aliphatic rings. The zero-order valence-corrected chi connectivity index (χ0v) is 11.2.